The summed E-state index contributed by atoms with van der Waals surface area (Å²) in [5.41, 5.74) is 0.293. The molecule has 0 unspecified atom stereocenters. The van der Waals surface area contributed by atoms with E-state index in [1.165, 1.54) is 16.4 Å². The van der Waals surface area contributed by atoms with Gasteiger partial charge in [0.15, 0.2) is 5.13 Å². The van der Waals surface area contributed by atoms with Gasteiger partial charge in [-0.15, -0.1) is 11.3 Å². The molecule has 0 bridgehead atoms. The van der Waals surface area contributed by atoms with Crippen molar-refractivity contribution in [3.8, 4) is 0 Å². The van der Waals surface area contributed by atoms with Crippen molar-refractivity contribution in [2.45, 2.75) is 11.3 Å². The van der Waals surface area contributed by atoms with Crippen LogP contribution >= 0.6 is 11.3 Å². The monoisotopic (exact) mass is 466 g/mol. The van der Waals surface area contributed by atoms with E-state index in [0.29, 0.717) is 51.5 Å². The van der Waals surface area contributed by atoms with Crippen LogP contribution in [-0.4, -0.2) is 86.9 Å². The Morgan fingerprint density at radius 2 is 1.74 bits per heavy atom. The summed E-state index contributed by atoms with van der Waals surface area (Å²) in [7, 11) is -1.82. The third-order valence-electron chi connectivity index (χ3n) is 5.77. The van der Waals surface area contributed by atoms with Crippen molar-refractivity contribution in [3.05, 3.63) is 39.9 Å². The quantitative estimate of drug-likeness (QED) is 0.485. The number of rotatable bonds is 5. The van der Waals surface area contributed by atoms with E-state index in [0.717, 1.165) is 18.1 Å². The van der Waals surface area contributed by atoms with Crippen LogP contribution in [0, 0.1) is 10.1 Å². The summed E-state index contributed by atoms with van der Waals surface area (Å²) in [6, 6.07) is 4.30. The highest BCUT2D eigenvalue weighted by Crippen LogP contribution is 2.33. The van der Waals surface area contributed by atoms with Crippen molar-refractivity contribution in [3.63, 3.8) is 0 Å². The fourth-order valence-corrected chi connectivity index (χ4v) is 6.12. The molecular formula is C19H26N6O4S2. The maximum atomic E-state index is 13.0. The van der Waals surface area contributed by atoms with Gasteiger partial charge in [-0.05, 0) is 25.6 Å². The van der Waals surface area contributed by atoms with Gasteiger partial charge in [0, 0.05) is 70.0 Å². The molecule has 4 rings (SSSR count). The number of hydrogen-bond acceptors (Lipinski definition) is 9. The number of likely N-dealkylation sites (N-methyl/N-ethyl adjacent to an activating group) is 1. The Morgan fingerprint density at radius 1 is 1.03 bits per heavy atom. The minimum atomic E-state index is -3.77. The Labute approximate surface area is 185 Å². The van der Waals surface area contributed by atoms with E-state index < -0.39 is 14.9 Å². The molecule has 31 heavy (non-hydrogen) atoms. The molecule has 0 amide bonds. The SMILES string of the molecule is CN1CCN(S(=O)(=O)c2ccc(N3CCCN(c4nccs4)CC3)c([N+](=O)[O-])c2)CC1. The summed E-state index contributed by atoms with van der Waals surface area (Å²) in [6.07, 6.45) is 2.60. The predicted octanol–water partition coefficient (Wildman–Crippen LogP) is 1.70. The minimum absolute atomic E-state index is 0.0215. The first-order valence-corrected chi connectivity index (χ1v) is 12.5. The maximum Gasteiger partial charge on any atom is 0.293 e. The Bertz CT molecular complexity index is 1020. The number of nitro benzene ring substituents is 1. The molecule has 1 aromatic heterocycles. The van der Waals surface area contributed by atoms with E-state index in [1.54, 1.807) is 23.6 Å². The fraction of sp³-hybridized carbons (Fsp3) is 0.526. The number of anilines is 2. The second-order valence-electron chi connectivity index (χ2n) is 7.76. The zero-order chi connectivity index (χ0) is 22.0. The van der Waals surface area contributed by atoms with E-state index in [9.17, 15) is 18.5 Å². The van der Waals surface area contributed by atoms with Crippen LogP contribution in [-0.2, 0) is 10.0 Å². The zero-order valence-electron chi connectivity index (χ0n) is 17.4. The fourth-order valence-electron chi connectivity index (χ4n) is 3.98. The number of hydrogen-bond donors (Lipinski definition) is 0. The van der Waals surface area contributed by atoms with Crippen LogP contribution in [0.1, 0.15) is 6.42 Å². The van der Waals surface area contributed by atoms with Gasteiger partial charge in [-0.2, -0.15) is 4.31 Å². The largest absolute Gasteiger partial charge is 0.364 e. The lowest BCUT2D eigenvalue weighted by molar-refractivity contribution is -0.384. The summed E-state index contributed by atoms with van der Waals surface area (Å²) >= 11 is 1.58. The standard InChI is InChI=1S/C19H26N6O4S2/c1-21-8-12-24(13-9-21)31(28,29)16-3-4-17(18(15-16)25(26)27)22-6-2-7-23(11-10-22)19-20-5-14-30-19/h3-5,14-15H,2,6-13H2,1H3. The van der Waals surface area contributed by atoms with Gasteiger partial charge in [0.25, 0.3) is 5.69 Å². The second-order valence-corrected chi connectivity index (χ2v) is 10.6. The lowest BCUT2D eigenvalue weighted by Gasteiger charge is -2.31. The van der Waals surface area contributed by atoms with Gasteiger partial charge in [0.2, 0.25) is 10.0 Å². The zero-order valence-corrected chi connectivity index (χ0v) is 19.0. The Balaban J connectivity index is 1.57. The van der Waals surface area contributed by atoms with Crippen LogP contribution in [0.15, 0.2) is 34.7 Å². The maximum absolute atomic E-state index is 13.0. The van der Waals surface area contributed by atoms with Crippen LogP contribution in [0.2, 0.25) is 0 Å². The van der Waals surface area contributed by atoms with Crippen LogP contribution in [0.4, 0.5) is 16.5 Å². The van der Waals surface area contributed by atoms with E-state index in [2.05, 4.69) is 14.8 Å². The molecule has 2 aromatic rings. The summed E-state index contributed by atoms with van der Waals surface area (Å²) in [5.74, 6) is 0. The molecule has 0 atom stereocenters. The second kappa shape index (κ2) is 9.07. The van der Waals surface area contributed by atoms with Gasteiger partial charge in [-0.3, -0.25) is 10.1 Å². The van der Waals surface area contributed by atoms with Crippen molar-refractivity contribution in [1.82, 2.24) is 14.2 Å². The molecule has 0 radical (unpaired) electrons. The topological polar surface area (TPSA) is 103 Å². The summed E-state index contributed by atoms with van der Waals surface area (Å²) in [5, 5.41) is 14.7. The van der Waals surface area contributed by atoms with E-state index in [1.807, 2.05) is 17.3 Å². The number of piperazine rings is 1. The highest BCUT2D eigenvalue weighted by atomic mass is 32.2. The van der Waals surface area contributed by atoms with Crippen LogP contribution in [0.5, 0.6) is 0 Å². The van der Waals surface area contributed by atoms with Gasteiger partial charge in [0.1, 0.15) is 5.69 Å². The number of nitro groups is 1. The normalized spacial score (nSPS) is 19.4. The number of aromatic nitrogens is 1. The minimum Gasteiger partial charge on any atom is -0.364 e. The molecule has 2 saturated heterocycles. The van der Waals surface area contributed by atoms with E-state index in [-0.39, 0.29) is 10.6 Å². The number of thiazole rings is 1. The van der Waals surface area contributed by atoms with Crippen molar-refractivity contribution in [2.75, 3.05) is 69.2 Å². The lowest BCUT2D eigenvalue weighted by atomic mass is 10.2. The molecule has 1 aromatic carbocycles. The molecular weight excluding hydrogens is 440 g/mol. The van der Waals surface area contributed by atoms with Crippen LogP contribution in [0.25, 0.3) is 0 Å². The first-order valence-electron chi connectivity index (χ1n) is 10.2. The van der Waals surface area contributed by atoms with Crippen molar-refractivity contribution in [2.24, 2.45) is 0 Å². The van der Waals surface area contributed by atoms with Crippen molar-refractivity contribution < 1.29 is 13.3 Å². The smallest absolute Gasteiger partial charge is 0.293 e. The number of sulfonamides is 1. The predicted molar refractivity (Wildman–Crippen MR) is 121 cm³/mol. The van der Waals surface area contributed by atoms with Crippen LogP contribution < -0.4 is 9.80 Å². The Hall–Kier alpha value is -2.28. The summed E-state index contributed by atoms with van der Waals surface area (Å²) in [6.45, 7) is 4.84. The highest BCUT2D eigenvalue weighted by molar-refractivity contribution is 7.89. The third-order valence-corrected chi connectivity index (χ3v) is 8.50. The average molecular weight is 467 g/mol. The molecule has 0 spiro atoms. The molecule has 2 aliphatic rings. The Morgan fingerprint density at radius 3 is 2.42 bits per heavy atom. The van der Waals surface area contributed by atoms with Gasteiger partial charge < -0.3 is 14.7 Å². The molecule has 2 fully saturated rings. The van der Waals surface area contributed by atoms with E-state index in [4.69, 9.17) is 0 Å². The first kappa shape index (κ1) is 21.9. The molecule has 0 saturated carbocycles. The van der Waals surface area contributed by atoms with Gasteiger partial charge in [-0.1, -0.05) is 0 Å². The van der Waals surface area contributed by atoms with E-state index >= 15 is 0 Å². The van der Waals surface area contributed by atoms with Crippen molar-refractivity contribution >= 4 is 37.9 Å². The van der Waals surface area contributed by atoms with Crippen molar-refractivity contribution in [1.29, 1.82) is 0 Å². The molecule has 168 valence electrons. The van der Waals surface area contributed by atoms with Gasteiger partial charge in [-0.25, -0.2) is 13.4 Å². The van der Waals surface area contributed by atoms with Gasteiger partial charge in [0.05, 0.1) is 9.82 Å². The highest BCUT2D eigenvalue weighted by Gasteiger charge is 2.31. The lowest BCUT2D eigenvalue weighted by Crippen LogP contribution is -2.47. The first-order chi connectivity index (χ1) is 14.9. The molecule has 3 heterocycles. The average Bonchev–Trinajstić information content (AvgIpc) is 3.18. The van der Waals surface area contributed by atoms with Crippen LogP contribution in [0.3, 0.4) is 0 Å². The molecule has 12 heteroatoms. The Kier molecular flexibility index (Phi) is 6.42. The molecule has 10 nitrogen and oxygen atoms in total. The molecule has 0 aliphatic carbocycles. The summed E-state index contributed by atoms with van der Waals surface area (Å²) < 4.78 is 27.5. The third kappa shape index (κ3) is 4.66. The molecule has 2 aliphatic heterocycles. The number of nitrogens with zero attached hydrogens (tertiary/aromatic N) is 6. The molecule has 0 N–H and O–H groups in total. The van der Waals surface area contributed by atoms with Gasteiger partial charge >= 0.3 is 0 Å². The number of benzene rings is 1. The summed E-state index contributed by atoms with van der Waals surface area (Å²) in [4.78, 5) is 21.9.